The zero-order chi connectivity index (χ0) is 12.3. The molecule has 1 aliphatic rings. The van der Waals surface area contributed by atoms with Gasteiger partial charge in [0.1, 0.15) is 11.4 Å². The van der Waals surface area contributed by atoms with Gasteiger partial charge in [-0.25, -0.2) is 0 Å². The van der Waals surface area contributed by atoms with Crippen molar-refractivity contribution in [2.45, 2.75) is 32.4 Å². The first-order chi connectivity index (χ1) is 8.12. The third-order valence-corrected chi connectivity index (χ3v) is 2.97. The number of hydrogen-bond donors (Lipinski definition) is 1. The molecule has 1 N–H and O–H groups in total. The summed E-state index contributed by atoms with van der Waals surface area (Å²) in [6.45, 7) is 6.71. The minimum Gasteiger partial charge on any atom is -0.487 e. The third-order valence-electron chi connectivity index (χ3n) is 2.97. The van der Waals surface area contributed by atoms with Crippen LogP contribution in [0.25, 0.3) is 0 Å². The second-order valence-corrected chi connectivity index (χ2v) is 5.11. The largest absolute Gasteiger partial charge is 0.487 e. The topological polar surface area (TPSA) is 30.5 Å². The van der Waals surface area contributed by atoms with Gasteiger partial charge in [0.2, 0.25) is 0 Å². The maximum atomic E-state index is 6.01. The van der Waals surface area contributed by atoms with E-state index in [0.29, 0.717) is 0 Å². The lowest BCUT2D eigenvalue weighted by molar-refractivity contribution is 0.137. The van der Waals surface area contributed by atoms with Crippen LogP contribution in [0.1, 0.15) is 25.0 Å². The van der Waals surface area contributed by atoms with Crippen LogP contribution < -0.4 is 10.1 Å². The molecule has 0 saturated carbocycles. The van der Waals surface area contributed by atoms with E-state index in [-0.39, 0.29) is 5.60 Å². The lowest BCUT2D eigenvalue weighted by Gasteiger charge is -2.18. The average Bonchev–Trinajstić information content (AvgIpc) is 2.59. The van der Waals surface area contributed by atoms with Gasteiger partial charge in [-0.3, -0.25) is 0 Å². The molecule has 1 aliphatic heterocycles. The molecule has 3 nitrogen and oxygen atoms in total. The van der Waals surface area contributed by atoms with Gasteiger partial charge < -0.3 is 14.8 Å². The van der Waals surface area contributed by atoms with Crippen LogP contribution in [0.15, 0.2) is 18.2 Å². The van der Waals surface area contributed by atoms with Crippen LogP contribution in [0, 0.1) is 0 Å². The molecule has 1 aromatic rings. The lowest BCUT2D eigenvalue weighted by Crippen LogP contribution is -2.25. The van der Waals surface area contributed by atoms with Crippen molar-refractivity contribution in [2.24, 2.45) is 0 Å². The molecule has 0 radical (unpaired) electrons. The summed E-state index contributed by atoms with van der Waals surface area (Å²) in [7, 11) is 1.72. The number of para-hydroxylation sites is 1. The summed E-state index contributed by atoms with van der Waals surface area (Å²) >= 11 is 0. The van der Waals surface area contributed by atoms with E-state index in [1.54, 1.807) is 7.11 Å². The van der Waals surface area contributed by atoms with E-state index >= 15 is 0 Å². The zero-order valence-corrected chi connectivity index (χ0v) is 10.9. The van der Waals surface area contributed by atoms with E-state index in [1.807, 2.05) is 0 Å². The fraction of sp³-hybridized carbons (Fsp3) is 0.571. The van der Waals surface area contributed by atoms with Gasteiger partial charge in [-0.05, 0) is 19.4 Å². The Kier molecular flexibility index (Phi) is 3.69. The molecule has 17 heavy (non-hydrogen) atoms. The number of nitrogens with one attached hydrogen (secondary N) is 1. The lowest BCUT2D eigenvalue weighted by atomic mass is 10.0. The van der Waals surface area contributed by atoms with E-state index in [2.05, 4.69) is 37.4 Å². The van der Waals surface area contributed by atoms with Crippen molar-refractivity contribution in [1.82, 2.24) is 5.32 Å². The SMILES string of the molecule is COCCNCc1cccc2c1OC(C)(C)C2. The summed E-state index contributed by atoms with van der Waals surface area (Å²) in [5, 5.41) is 3.35. The Morgan fingerprint density at radius 1 is 1.41 bits per heavy atom. The Morgan fingerprint density at radius 2 is 2.24 bits per heavy atom. The second-order valence-electron chi connectivity index (χ2n) is 5.11. The molecule has 0 atom stereocenters. The normalized spacial score (nSPS) is 16.6. The fourth-order valence-corrected chi connectivity index (χ4v) is 2.22. The Bertz CT molecular complexity index is 388. The highest BCUT2D eigenvalue weighted by atomic mass is 16.5. The summed E-state index contributed by atoms with van der Waals surface area (Å²) < 4.78 is 11.0. The number of rotatable bonds is 5. The van der Waals surface area contributed by atoms with E-state index in [4.69, 9.17) is 9.47 Å². The van der Waals surface area contributed by atoms with Gasteiger partial charge in [-0.1, -0.05) is 18.2 Å². The van der Waals surface area contributed by atoms with Crippen LogP contribution >= 0.6 is 0 Å². The van der Waals surface area contributed by atoms with E-state index in [1.165, 1.54) is 11.1 Å². The summed E-state index contributed by atoms with van der Waals surface area (Å²) in [6, 6.07) is 6.39. The maximum Gasteiger partial charge on any atom is 0.127 e. The molecule has 0 aromatic heterocycles. The number of hydrogen-bond acceptors (Lipinski definition) is 3. The highest BCUT2D eigenvalue weighted by Gasteiger charge is 2.31. The highest BCUT2D eigenvalue weighted by Crippen LogP contribution is 2.37. The van der Waals surface area contributed by atoms with Gasteiger partial charge in [0.25, 0.3) is 0 Å². The Balaban J connectivity index is 2.03. The van der Waals surface area contributed by atoms with E-state index in [0.717, 1.165) is 31.9 Å². The first kappa shape index (κ1) is 12.4. The van der Waals surface area contributed by atoms with E-state index < -0.39 is 0 Å². The maximum absolute atomic E-state index is 6.01. The molecule has 0 spiro atoms. The zero-order valence-electron chi connectivity index (χ0n) is 10.9. The predicted octanol–water partition coefficient (Wildman–Crippen LogP) is 2.14. The minimum atomic E-state index is -0.0645. The summed E-state index contributed by atoms with van der Waals surface area (Å²) in [5.41, 5.74) is 2.50. The van der Waals surface area contributed by atoms with Gasteiger partial charge in [0.15, 0.2) is 0 Å². The van der Waals surface area contributed by atoms with Crippen LogP contribution in [0.2, 0.25) is 0 Å². The quantitative estimate of drug-likeness (QED) is 0.793. The molecule has 2 rings (SSSR count). The third kappa shape index (κ3) is 2.99. The molecular formula is C14H21NO2. The fourth-order valence-electron chi connectivity index (χ4n) is 2.22. The molecule has 0 bridgehead atoms. The number of ether oxygens (including phenoxy) is 2. The highest BCUT2D eigenvalue weighted by molar-refractivity contribution is 5.45. The monoisotopic (exact) mass is 235 g/mol. The summed E-state index contributed by atoms with van der Waals surface area (Å²) in [6.07, 6.45) is 0.994. The van der Waals surface area contributed by atoms with Crippen molar-refractivity contribution in [3.05, 3.63) is 29.3 Å². The molecule has 1 heterocycles. The molecule has 94 valence electrons. The van der Waals surface area contributed by atoms with Gasteiger partial charge >= 0.3 is 0 Å². The van der Waals surface area contributed by atoms with Gasteiger partial charge in [-0.15, -0.1) is 0 Å². The molecule has 0 saturated heterocycles. The van der Waals surface area contributed by atoms with Crippen molar-refractivity contribution in [2.75, 3.05) is 20.3 Å². The summed E-state index contributed by atoms with van der Waals surface area (Å²) in [4.78, 5) is 0. The first-order valence-corrected chi connectivity index (χ1v) is 6.12. The van der Waals surface area contributed by atoms with Crippen molar-refractivity contribution in [1.29, 1.82) is 0 Å². The van der Waals surface area contributed by atoms with Crippen molar-refractivity contribution in [3.8, 4) is 5.75 Å². The number of benzene rings is 1. The predicted molar refractivity (Wildman–Crippen MR) is 68.4 cm³/mol. The molecule has 0 aliphatic carbocycles. The molecule has 0 amide bonds. The summed E-state index contributed by atoms with van der Waals surface area (Å²) in [5.74, 6) is 1.07. The van der Waals surface area contributed by atoms with Crippen LogP contribution in [-0.4, -0.2) is 25.9 Å². The average molecular weight is 235 g/mol. The van der Waals surface area contributed by atoms with Crippen LogP contribution in [0.3, 0.4) is 0 Å². The second kappa shape index (κ2) is 5.07. The van der Waals surface area contributed by atoms with Crippen molar-refractivity contribution >= 4 is 0 Å². The molecule has 1 aromatic carbocycles. The molecular weight excluding hydrogens is 214 g/mol. The van der Waals surface area contributed by atoms with Crippen LogP contribution in [-0.2, 0) is 17.7 Å². The van der Waals surface area contributed by atoms with Gasteiger partial charge in [0.05, 0.1) is 6.61 Å². The molecule has 3 heteroatoms. The standard InChI is InChI=1S/C14H21NO2/c1-14(2)9-11-5-4-6-12(13(11)17-14)10-15-7-8-16-3/h4-6,15H,7-10H2,1-3H3. The minimum absolute atomic E-state index is 0.0645. The Morgan fingerprint density at radius 3 is 3.00 bits per heavy atom. The van der Waals surface area contributed by atoms with Crippen LogP contribution in [0.4, 0.5) is 0 Å². The molecule has 0 fully saturated rings. The number of methoxy groups -OCH3 is 1. The van der Waals surface area contributed by atoms with Crippen molar-refractivity contribution in [3.63, 3.8) is 0 Å². The van der Waals surface area contributed by atoms with Crippen LogP contribution in [0.5, 0.6) is 5.75 Å². The Hall–Kier alpha value is -1.06. The van der Waals surface area contributed by atoms with Crippen molar-refractivity contribution < 1.29 is 9.47 Å². The van der Waals surface area contributed by atoms with E-state index in [9.17, 15) is 0 Å². The smallest absolute Gasteiger partial charge is 0.127 e. The van der Waals surface area contributed by atoms with Gasteiger partial charge in [-0.2, -0.15) is 0 Å². The first-order valence-electron chi connectivity index (χ1n) is 6.12. The Labute approximate surface area is 103 Å². The number of fused-ring (bicyclic) bond motifs is 1. The molecule has 0 unspecified atom stereocenters. The van der Waals surface area contributed by atoms with Gasteiger partial charge in [0, 0.05) is 32.2 Å².